The zero-order valence-electron chi connectivity index (χ0n) is 10.9. The van der Waals surface area contributed by atoms with Gasteiger partial charge in [-0.3, -0.25) is 4.79 Å². The molecule has 0 aliphatic heterocycles. The van der Waals surface area contributed by atoms with Gasteiger partial charge >= 0.3 is 6.18 Å². The number of ketones is 1. The number of alkyl halides is 3. The molecule has 0 aromatic heterocycles. The van der Waals surface area contributed by atoms with Crippen LogP contribution in [-0.2, 0) is 10.2 Å². The van der Waals surface area contributed by atoms with Gasteiger partial charge in [-0.05, 0) is 12.5 Å². The van der Waals surface area contributed by atoms with Gasteiger partial charge in [-0.1, -0.05) is 51.1 Å². The van der Waals surface area contributed by atoms with Crippen LogP contribution in [0.3, 0.4) is 0 Å². The Balaban J connectivity index is 3.44. The molecule has 18 heavy (non-hydrogen) atoms. The Morgan fingerprint density at radius 3 is 1.72 bits per heavy atom. The fraction of sp³-hybridized carbons (Fsp3) is 0.500. The van der Waals surface area contributed by atoms with Crippen molar-refractivity contribution >= 4 is 5.78 Å². The minimum atomic E-state index is -4.61. The molecule has 0 saturated heterocycles. The van der Waals surface area contributed by atoms with Crippen molar-refractivity contribution in [3.8, 4) is 0 Å². The molecule has 0 amide bonds. The summed E-state index contributed by atoms with van der Waals surface area (Å²) in [7, 11) is 0. The maximum atomic E-state index is 13.3. The van der Waals surface area contributed by atoms with Gasteiger partial charge in [0.15, 0.2) is 5.78 Å². The second kappa shape index (κ2) is 4.41. The number of benzene rings is 1. The van der Waals surface area contributed by atoms with Gasteiger partial charge in [-0.15, -0.1) is 0 Å². The van der Waals surface area contributed by atoms with Gasteiger partial charge < -0.3 is 0 Å². The van der Waals surface area contributed by atoms with Crippen molar-refractivity contribution in [3.63, 3.8) is 0 Å². The highest BCUT2D eigenvalue weighted by atomic mass is 19.4. The summed E-state index contributed by atoms with van der Waals surface area (Å²) in [5.41, 5.74) is -3.54. The highest BCUT2D eigenvalue weighted by Crippen LogP contribution is 2.45. The summed E-state index contributed by atoms with van der Waals surface area (Å²) in [5.74, 6) is -0.825. The maximum Gasteiger partial charge on any atom is 0.405 e. The van der Waals surface area contributed by atoms with E-state index in [-0.39, 0.29) is 5.56 Å². The number of carbonyl (C=O) groups is 1. The number of halogens is 3. The van der Waals surface area contributed by atoms with E-state index in [9.17, 15) is 18.0 Å². The first kappa shape index (κ1) is 14.7. The van der Waals surface area contributed by atoms with Gasteiger partial charge in [0.1, 0.15) is 5.41 Å². The van der Waals surface area contributed by atoms with E-state index < -0.39 is 22.8 Å². The average molecular weight is 258 g/mol. The zero-order valence-corrected chi connectivity index (χ0v) is 10.9. The lowest BCUT2D eigenvalue weighted by Gasteiger charge is -2.36. The van der Waals surface area contributed by atoms with Gasteiger partial charge in [-0.2, -0.15) is 13.2 Å². The topological polar surface area (TPSA) is 17.1 Å². The van der Waals surface area contributed by atoms with Crippen molar-refractivity contribution in [1.29, 1.82) is 0 Å². The lowest BCUT2D eigenvalue weighted by molar-refractivity contribution is -0.194. The van der Waals surface area contributed by atoms with Crippen LogP contribution in [0.4, 0.5) is 13.2 Å². The van der Waals surface area contributed by atoms with Gasteiger partial charge in [0.25, 0.3) is 0 Å². The fourth-order valence-electron chi connectivity index (χ4n) is 1.94. The van der Waals surface area contributed by atoms with Gasteiger partial charge in [-0.25, -0.2) is 0 Å². The molecule has 4 heteroatoms. The molecule has 100 valence electrons. The van der Waals surface area contributed by atoms with Crippen LogP contribution in [0.15, 0.2) is 30.3 Å². The van der Waals surface area contributed by atoms with E-state index in [1.807, 2.05) is 0 Å². The molecule has 1 rings (SSSR count). The van der Waals surface area contributed by atoms with Gasteiger partial charge in [0.05, 0.1) is 0 Å². The quantitative estimate of drug-likeness (QED) is 0.779. The van der Waals surface area contributed by atoms with E-state index in [0.29, 0.717) is 0 Å². The molecule has 0 unspecified atom stereocenters. The Labute approximate surface area is 105 Å². The zero-order chi connectivity index (χ0) is 14.2. The molecule has 0 saturated carbocycles. The first-order valence-corrected chi connectivity index (χ1v) is 5.68. The summed E-state index contributed by atoms with van der Waals surface area (Å²) in [6, 6.07) is 7.33. The number of rotatable bonds is 2. The van der Waals surface area contributed by atoms with Crippen molar-refractivity contribution in [2.45, 2.75) is 39.3 Å². The summed E-state index contributed by atoms with van der Waals surface area (Å²) >= 11 is 0. The van der Waals surface area contributed by atoms with Crippen LogP contribution in [0.1, 0.15) is 33.3 Å². The summed E-state index contributed by atoms with van der Waals surface area (Å²) < 4.78 is 40.0. The molecule has 1 aromatic carbocycles. The van der Waals surface area contributed by atoms with E-state index >= 15 is 0 Å². The Bertz CT molecular complexity index is 429. The third kappa shape index (κ3) is 2.42. The standard InChI is InChI=1S/C14H17F3O/c1-12(2,3)11(18)13(4,14(15,16)17)10-8-6-5-7-9-10/h5-9H,1-4H3/t13-/m0/s1. The van der Waals surface area contributed by atoms with Crippen LogP contribution in [0.5, 0.6) is 0 Å². The Morgan fingerprint density at radius 1 is 0.944 bits per heavy atom. The molecular formula is C14H17F3O. The van der Waals surface area contributed by atoms with Crippen LogP contribution in [-0.4, -0.2) is 12.0 Å². The molecule has 0 fully saturated rings. The van der Waals surface area contributed by atoms with E-state index in [0.717, 1.165) is 6.92 Å². The molecule has 0 heterocycles. The molecule has 0 aliphatic carbocycles. The summed E-state index contributed by atoms with van der Waals surface area (Å²) in [5, 5.41) is 0. The minimum Gasteiger partial charge on any atom is -0.298 e. The number of hydrogen-bond donors (Lipinski definition) is 0. The molecule has 0 radical (unpaired) electrons. The fourth-order valence-corrected chi connectivity index (χ4v) is 1.94. The third-order valence-corrected chi connectivity index (χ3v) is 3.05. The number of hydrogen-bond acceptors (Lipinski definition) is 1. The first-order chi connectivity index (χ1) is 8.01. The molecule has 0 spiro atoms. The van der Waals surface area contributed by atoms with Crippen LogP contribution >= 0.6 is 0 Å². The highest BCUT2D eigenvalue weighted by molar-refractivity contribution is 5.94. The Kier molecular flexibility index (Phi) is 3.61. The van der Waals surface area contributed by atoms with Crippen molar-refractivity contribution in [1.82, 2.24) is 0 Å². The van der Waals surface area contributed by atoms with E-state index in [1.54, 1.807) is 6.07 Å². The van der Waals surface area contributed by atoms with E-state index in [1.165, 1.54) is 45.0 Å². The van der Waals surface area contributed by atoms with Crippen LogP contribution < -0.4 is 0 Å². The van der Waals surface area contributed by atoms with Crippen molar-refractivity contribution < 1.29 is 18.0 Å². The van der Waals surface area contributed by atoms with Crippen LogP contribution in [0.2, 0.25) is 0 Å². The molecule has 1 nitrogen and oxygen atoms in total. The minimum absolute atomic E-state index is 0.0163. The molecule has 0 N–H and O–H groups in total. The van der Waals surface area contributed by atoms with Crippen LogP contribution in [0.25, 0.3) is 0 Å². The second-order valence-corrected chi connectivity index (χ2v) is 5.57. The molecule has 0 aliphatic rings. The number of Topliss-reactive ketones (excluding diaryl/α,β-unsaturated/α-hetero) is 1. The van der Waals surface area contributed by atoms with Crippen molar-refractivity contribution in [2.75, 3.05) is 0 Å². The lowest BCUT2D eigenvalue weighted by atomic mass is 9.69. The molecule has 0 bridgehead atoms. The van der Waals surface area contributed by atoms with Crippen LogP contribution in [0, 0.1) is 5.41 Å². The summed E-state index contributed by atoms with van der Waals surface area (Å²) in [4.78, 5) is 12.2. The summed E-state index contributed by atoms with van der Waals surface area (Å²) in [6.07, 6.45) is -4.61. The molecular weight excluding hydrogens is 241 g/mol. The second-order valence-electron chi connectivity index (χ2n) is 5.57. The number of carbonyl (C=O) groups excluding carboxylic acids is 1. The third-order valence-electron chi connectivity index (χ3n) is 3.05. The average Bonchev–Trinajstić information content (AvgIpc) is 2.25. The monoisotopic (exact) mass is 258 g/mol. The summed E-state index contributed by atoms with van der Waals surface area (Å²) in [6.45, 7) is 5.46. The molecule has 1 aromatic rings. The normalized spacial score (nSPS) is 16.2. The smallest absolute Gasteiger partial charge is 0.298 e. The molecule has 1 atom stereocenters. The SMILES string of the molecule is CC(C)(C)C(=O)[C@](C)(c1ccccc1)C(F)(F)F. The van der Waals surface area contributed by atoms with Gasteiger partial charge in [0.2, 0.25) is 0 Å². The van der Waals surface area contributed by atoms with E-state index in [2.05, 4.69) is 0 Å². The van der Waals surface area contributed by atoms with E-state index in [4.69, 9.17) is 0 Å². The van der Waals surface area contributed by atoms with Crippen molar-refractivity contribution in [3.05, 3.63) is 35.9 Å². The Morgan fingerprint density at radius 2 is 1.39 bits per heavy atom. The first-order valence-electron chi connectivity index (χ1n) is 5.68. The lowest BCUT2D eigenvalue weighted by Crippen LogP contribution is -2.51. The maximum absolute atomic E-state index is 13.3. The predicted octanol–water partition coefficient (Wildman–Crippen LogP) is 4.12. The highest BCUT2D eigenvalue weighted by Gasteiger charge is 2.59. The Hall–Kier alpha value is -1.32. The van der Waals surface area contributed by atoms with Crippen molar-refractivity contribution in [2.24, 2.45) is 5.41 Å². The largest absolute Gasteiger partial charge is 0.405 e. The predicted molar refractivity (Wildman–Crippen MR) is 64.3 cm³/mol. The van der Waals surface area contributed by atoms with Gasteiger partial charge in [0, 0.05) is 5.41 Å².